The number of carbonyl (C=O) groups excluding carboxylic acids is 2. The van der Waals surface area contributed by atoms with Gasteiger partial charge in [-0.3, -0.25) is 9.59 Å². The van der Waals surface area contributed by atoms with Crippen LogP contribution in [0, 0.1) is 13.8 Å². The van der Waals surface area contributed by atoms with Gasteiger partial charge in [-0.05, 0) is 49.7 Å². The van der Waals surface area contributed by atoms with Crippen LogP contribution in [0.2, 0.25) is 0 Å². The fourth-order valence-corrected chi connectivity index (χ4v) is 2.13. The summed E-state index contributed by atoms with van der Waals surface area (Å²) in [5.41, 5.74) is 3.63. The van der Waals surface area contributed by atoms with E-state index in [4.69, 9.17) is 4.74 Å². The van der Waals surface area contributed by atoms with Crippen LogP contribution in [0.4, 0.5) is 11.4 Å². The molecule has 0 bridgehead atoms. The van der Waals surface area contributed by atoms with Crippen LogP contribution in [-0.4, -0.2) is 18.4 Å². The first-order chi connectivity index (χ1) is 10.9. The minimum atomic E-state index is -0.220. The van der Waals surface area contributed by atoms with E-state index in [0.29, 0.717) is 11.4 Å². The Morgan fingerprint density at radius 2 is 1.70 bits per heavy atom. The highest BCUT2D eigenvalue weighted by Crippen LogP contribution is 2.17. The van der Waals surface area contributed by atoms with E-state index in [9.17, 15) is 9.59 Å². The second kappa shape index (κ2) is 7.45. The van der Waals surface area contributed by atoms with E-state index in [1.54, 1.807) is 24.3 Å². The van der Waals surface area contributed by atoms with Crippen LogP contribution in [-0.2, 0) is 9.59 Å². The predicted octanol–water partition coefficient (Wildman–Crippen LogP) is 3.28. The molecule has 0 aliphatic rings. The van der Waals surface area contributed by atoms with Crippen LogP contribution in [0.5, 0.6) is 5.75 Å². The monoisotopic (exact) mass is 312 g/mol. The topological polar surface area (TPSA) is 67.4 Å². The van der Waals surface area contributed by atoms with Crippen molar-refractivity contribution in [3.05, 3.63) is 53.6 Å². The van der Waals surface area contributed by atoms with Crippen LogP contribution < -0.4 is 15.4 Å². The minimum absolute atomic E-state index is 0.0766. The standard InChI is InChI=1S/C18H20N2O3/c1-12-4-9-17(13(2)10-12)20-18(22)11-23-16-7-5-15(6-8-16)19-14(3)21/h4-10H,11H2,1-3H3,(H,19,21)(H,20,22). The third-order valence-corrected chi connectivity index (χ3v) is 3.20. The van der Waals surface area contributed by atoms with E-state index in [1.807, 2.05) is 32.0 Å². The van der Waals surface area contributed by atoms with Crippen molar-refractivity contribution in [1.29, 1.82) is 0 Å². The first-order valence-corrected chi connectivity index (χ1v) is 7.31. The number of hydrogen-bond donors (Lipinski definition) is 2. The maximum atomic E-state index is 11.9. The molecule has 120 valence electrons. The van der Waals surface area contributed by atoms with E-state index < -0.39 is 0 Å². The molecule has 23 heavy (non-hydrogen) atoms. The number of rotatable bonds is 5. The van der Waals surface area contributed by atoms with Gasteiger partial charge in [0.1, 0.15) is 5.75 Å². The van der Waals surface area contributed by atoms with E-state index in [-0.39, 0.29) is 18.4 Å². The van der Waals surface area contributed by atoms with Crippen molar-refractivity contribution in [1.82, 2.24) is 0 Å². The summed E-state index contributed by atoms with van der Waals surface area (Å²) < 4.78 is 5.44. The molecule has 0 saturated carbocycles. The molecular weight excluding hydrogens is 292 g/mol. The van der Waals surface area contributed by atoms with Gasteiger partial charge in [-0.15, -0.1) is 0 Å². The molecular formula is C18H20N2O3. The Balaban J connectivity index is 1.87. The molecule has 0 radical (unpaired) electrons. The van der Waals surface area contributed by atoms with Gasteiger partial charge in [0.05, 0.1) is 0 Å². The first-order valence-electron chi connectivity index (χ1n) is 7.31. The summed E-state index contributed by atoms with van der Waals surface area (Å²) in [7, 11) is 0. The Labute approximate surface area is 135 Å². The van der Waals surface area contributed by atoms with Crippen LogP contribution in [0.25, 0.3) is 0 Å². The number of amides is 2. The Morgan fingerprint density at radius 1 is 1.00 bits per heavy atom. The third-order valence-electron chi connectivity index (χ3n) is 3.20. The van der Waals surface area contributed by atoms with Gasteiger partial charge >= 0.3 is 0 Å². The zero-order chi connectivity index (χ0) is 16.8. The molecule has 0 aromatic heterocycles. The lowest BCUT2D eigenvalue weighted by Gasteiger charge is -2.10. The highest BCUT2D eigenvalue weighted by atomic mass is 16.5. The number of carbonyl (C=O) groups is 2. The van der Waals surface area contributed by atoms with Crippen molar-refractivity contribution in [3.63, 3.8) is 0 Å². The molecule has 0 aliphatic carbocycles. The summed E-state index contributed by atoms with van der Waals surface area (Å²) in [5, 5.41) is 5.49. The fraction of sp³-hybridized carbons (Fsp3) is 0.222. The number of nitrogens with one attached hydrogen (secondary N) is 2. The van der Waals surface area contributed by atoms with Gasteiger partial charge in [0, 0.05) is 18.3 Å². The summed E-state index contributed by atoms with van der Waals surface area (Å²) in [6.07, 6.45) is 0. The molecule has 5 heteroatoms. The van der Waals surface area contributed by atoms with Gasteiger partial charge in [0.15, 0.2) is 6.61 Å². The SMILES string of the molecule is CC(=O)Nc1ccc(OCC(=O)Nc2ccc(C)cc2C)cc1. The lowest BCUT2D eigenvalue weighted by Crippen LogP contribution is -2.20. The van der Waals surface area contributed by atoms with Gasteiger partial charge in [0.2, 0.25) is 5.91 Å². The number of benzene rings is 2. The Hall–Kier alpha value is -2.82. The summed E-state index contributed by atoms with van der Waals surface area (Å²) in [6, 6.07) is 12.7. The van der Waals surface area contributed by atoms with Gasteiger partial charge in [0.25, 0.3) is 5.91 Å². The Kier molecular flexibility index (Phi) is 5.36. The largest absolute Gasteiger partial charge is 0.484 e. The van der Waals surface area contributed by atoms with Gasteiger partial charge in [-0.1, -0.05) is 17.7 Å². The Bertz CT molecular complexity index is 709. The van der Waals surface area contributed by atoms with E-state index in [1.165, 1.54) is 6.92 Å². The average Bonchev–Trinajstić information content (AvgIpc) is 2.49. The van der Waals surface area contributed by atoms with Crippen LogP contribution in [0.15, 0.2) is 42.5 Å². The second-order valence-corrected chi connectivity index (χ2v) is 5.36. The maximum absolute atomic E-state index is 11.9. The van der Waals surface area contributed by atoms with Gasteiger partial charge in [-0.25, -0.2) is 0 Å². The average molecular weight is 312 g/mol. The highest BCUT2D eigenvalue weighted by Gasteiger charge is 2.06. The molecule has 0 spiro atoms. The van der Waals surface area contributed by atoms with Crippen molar-refractivity contribution in [2.24, 2.45) is 0 Å². The van der Waals surface area contributed by atoms with Crippen molar-refractivity contribution < 1.29 is 14.3 Å². The van der Waals surface area contributed by atoms with E-state index in [2.05, 4.69) is 10.6 Å². The third kappa shape index (κ3) is 5.14. The molecule has 2 rings (SSSR count). The molecule has 0 aliphatic heterocycles. The first kappa shape index (κ1) is 16.5. The van der Waals surface area contributed by atoms with Crippen molar-refractivity contribution in [2.45, 2.75) is 20.8 Å². The normalized spacial score (nSPS) is 10.0. The number of aryl methyl sites for hydroxylation is 2. The highest BCUT2D eigenvalue weighted by molar-refractivity contribution is 5.92. The van der Waals surface area contributed by atoms with Gasteiger partial charge in [-0.2, -0.15) is 0 Å². The molecule has 2 aromatic carbocycles. The van der Waals surface area contributed by atoms with Crippen LogP contribution in [0.3, 0.4) is 0 Å². The zero-order valence-corrected chi connectivity index (χ0v) is 13.5. The molecule has 2 aromatic rings. The Morgan fingerprint density at radius 3 is 2.30 bits per heavy atom. The summed E-state index contributed by atoms with van der Waals surface area (Å²) in [4.78, 5) is 22.9. The molecule has 0 fully saturated rings. The lowest BCUT2D eigenvalue weighted by molar-refractivity contribution is -0.118. The quantitative estimate of drug-likeness (QED) is 0.890. The van der Waals surface area contributed by atoms with Crippen molar-refractivity contribution in [3.8, 4) is 5.75 Å². The summed E-state index contributed by atoms with van der Waals surface area (Å²) in [5.74, 6) is 0.212. The maximum Gasteiger partial charge on any atom is 0.262 e. The predicted molar refractivity (Wildman–Crippen MR) is 90.8 cm³/mol. The molecule has 0 atom stereocenters. The van der Waals surface area contributed by atoms with Crippen molar-refractivity contribution in [2.75, 3.05) is 17.2 Å². The van der Waals surface area contributed by atoms with E-state index >= 15 is 0 Å². The second-order valence-electron chi connectivity index (χ2n) is 5.36. The van der Waals surface area contributed by atoms with Crippen LogP contribution in [0.1, 0.15) is 18.1 Å². The van der Waals surface area contributed by atoms with E-state index in [0.717, 1.165) is 16.8 Å². The van der Waals surface area contributed by atoms with Crippen molar-refractivity contribution >= 4 is 23.2 Å². The summed E-state index contributed by atoms with van der Waals surface area (Å²) >= 11 is 0. The molecule has 0 saturated heterocycles. The number of anilines is 2. The number of ether oxygens (including phenoxy) is 1. The minimum Gasteiger partial charge on any atom is -0.484 e. The smallest absolute Gasteiger partial charge is 0.262 e. The molecule has 2 N–H and O–H groups in total. The molecule has 2 amide bonds. The molecule has 0 heterocycles. The zero-order valence-electron chi connectivity index (χ0n) is 13.5. The number of hydrogen-bond acceptors (Lipinski definition) is 3. The van der Waals surface area contributed by atoms with Crippen LogP contribution >= 0.6 is 0 Å². The molecule has 5 nitrogen and oxygen atoms in total. The van der Waals surface area contributed by atoms with Gasteiger partial charge < -0.3 is 15.4 Å². The fourth-order valence-electron chi connectivity index (χ4n) is 2.13. The summed E-state index contributed by atoms with van der Waals surface area (Å²) in [6.45, 7) is 5.32. The molecule has 0 unspecified atom stereocenters. The lowest BCUT2D eigenvalue weighted by atomic mass is 10.1.